The van der Waals surface area contributed by atoms with Crippen molar-refractivity contribution in [2.45, 2.75) is 123 Å². The van der Waals surface area contributed by atoms with Gasteiger partial charge in [-0.05, 0) is 0 Å². The third-order valence-corrected chi connectivity index (χ3v) is 112. The van der Waals surface area contributed by atoms with E-state index in [0.29, 0.717) is 0 Å². The van der Waals surface area contributed by atoms with E-state index in [1.54, 1.807) is 0 Å². The molecular formula is C78H80Cl2S4Si2Zr. The molecule has 0 amide bonds. The van der Waals surface area contributed by atoms with Crippen LogP contribution in [0, 0.1) is 0 Å². The molecule has 0 nitrogen and oxygen atoms in total. The van der Waals surface area contributed by atoms with Crippen LogP contribution in [0.2, 0.25) is 24.1 Å². The zero-order valence-corrected chi connectivity index (χ0v) is 61.5. The van der Waals surface area contributed by atoms with Crippen LogP contribution in [-0.4, -0.2) is 40.6 Å². The van der Waals surface area contributed by atoms with Gasteiger partial charge in [0.05, 0.1) is 0 Å². The van der Waals surface area contributed by atoms with Crippen molar-refractivity contribution in [3.05, 3.63) is 308 Å². The quantitative estimate of drug-likeness (QED) is 0.102. The van der Waals surface area contributed by atoms with Gasteiger partial charge in [0.25, 0.3) is 0 Å². The molecule has 14 rings (SSSR count). The molecule has 8 atom stereocenters. The summed E-state index contributed by atoms with van der Waals surface area (Å²) in [6, 6.07) is 38.0. The third-order valence-electron chi connectivity index (χ3n) is 23.3. The monoisotopic (exact) mass is 1360 g/mol. The fourth-order valence-corrected chi connectivity index (χ4v) is 148. The molecule has 0 radical (unpaired) electrons. The Morgan fingerprint density at radius 2 is 0.552 bits per heavy atom. The zero-order valence-electron chi connectivity index (χ0n) is 52.0. The van der Waals surface area contributed by atoms with Crippen LogP contribution in [0.4, 0.5) is 0 Å². The number of fused-ring (bicyclic) bond motifs is 8. The summed E-state index contributed by atoms with van der Waals surface area (Å²) in [5.74, 6) is 4.18. The van der Waals surface area contributed by atoms with Crippen LogP contribution in [0.15, 0.2) is 305 Å². The second-order valence-electron chi connectivity index (χ2n) is 25.9. The average Bonchev–Trinajstić information content (AvgIpc) is 1.53. The molecule has 0 aromatic heterocycles. The van der Waals surface area contributed by atoms with Crippen molar-refractivity contribution in [1.82, 2.24) is 0 Å². The molecule has 442 valence electrons. The van der Waals surface area contributed by atoms with Gasteiger partial charge in [-0.1, -0.05) is 0 Å². The molecular weight excluding hydrogens is 1280 g/mol. The Morgan fingerprint density at radius 1 is 0.345 bits per heavy atom. The molecule has 2 heterocycles. The summed E-state index contributed by atoms with van der Waals surface area (Å²) < 4.78 is -2.68. The molecule has 0 saturated carbocycles. The first kappa shape index (κ1) is 60.6. The van der Waals surface area contributed by atoms with Crippen LogP contribution >= 0.6 is 64.1 Å². The van der Waals surface area contributed by atoms with E-state index in [9.17, 15) is 17.0 Å². The van der Waals surface area contributed by atoms with Crippen molar-refractivity contribution in [2.24, 2.45) is 0 Å². The molecule has 8 aliphatic carbocycles. The summed E-state index contributed by atoms with van der Waals surface area (Å²) in [5.41, 5.74) is 22.0. The Bertz CT molecular complexity index is 3620. The van der Waals surface area contributed by atoms with Crippen molar-refractivity contribution < 1.29 is 14.9 Å². The summed E-state index contributed by atoms with van der Waals surface area (Å²) in [7, 11) is 17.8. The van der Waals surface area contributed by atoms with E-state index in [1.807, 2.05) is 47.0 Å². The van der Waals surface area contributed by atoms with Gasteiger partial charge in [-0.15, -0.1) is 0 Å². The number of hydrogen-bond acceptors (Lipinski definition) is 4. The van der Waals surface area contributed by atoms with Crippen molar-refractivity contribution in [1.29, 1.82) is 0 Å². The van der Waals surface area contributed by atoms with Crippen LogP contribution in [0.5, 0.6) is 0 Å². The van der Waals surface area contributed by atoms with Crippen LogP contribution in [0.3, 0.4) is 0 Å². The summed E-state index contributed by atoms with van der Waals surface area (Å²) >= 11 is 0.109. The Labute approximate surface area is 544 Å². The molecule has 2 fully saturated rings. The zero-order chi connectivity index (χ0) is 60.5. The Balaban J connectivity index is 1.16. The second-order valence-corrected chi connectivity index (χ2v) is 71.1. The molecule has 2 saturated heterocycles. The summed E-state index contributed by atoms with van der Waals surface area (Å²) in [6.07, 6.45) is 49.7. The minimum atomic E-state index is -7.53. The number of benzene rings is 4. The Hall–Kier alpha value is -3.98. The molecule has 8 unspecified atom stereocenters. The predicted octanol–water partition coefficient (Wildman–Crippen LogP) is 23.2. The second kappa shape index (κ2) is 21.8. The van der Waals surface area contributed by atoms with Gasteiger partial charge in [0.15, 0.2) is 0 Å². The molecule has 4 aromatic rings. The maximum absolute atomic E-state index is 11.4. The van der Waals surface area contributed by atoms with Crippen LogP contribution in [-0.2, 0) is 14.9 Å². The van der Waals surface area contributed by atoms with Gasteiger partial charge in [0.2, 0.25) is 0 Å². The van der Waals surface area contributed by atoms with E-state index in [4.69, 9.17) is 0 Å². The molecule has 10 aliphatic rings. The Morgan fingerprint density at radius 3 is 0.747 bits per heavy atom. The molecule has 87 heavy (non-hydrogen) atoms. The SMILES string of the molecule is CCSc1ccc(C2C=CC=CC3=C2C=C(C)[C]32[SiH](C)[C]3(C(C)=CC4=C3C=CC=CC4c3ccc(SCC)cc3)[Zr]23([Cl])([Cl])[C]2(C(C)=CC4=C2C=CC=CC4c2ccc(SCC)cc2)[SiH](C)[C]32C(C)=CC3=C2C=CC=CC3c2ccc(SCC)cc2)cc1. The van der Waals surface area contributed by atoms with Crippen molar-refractivity contribution in [3.63, 3.8) is 0 Å². The molecule has 0 bridgehead atoms. The van der Waals surface area contributed by atoms with Crippen molar-refractivity contribution >= 4 is 81.7 Å². The Kier molecular flexibility index (Phi) is 15.2. The molecule has 5 spiro atoms. The first-order chi connectivity index (χ1) is 42.1. The van der Waals surface area contributed by atoms with E-state index in [1.165, 1.54) is 109 Å². The fourth-order valence-electron chi connectivity index (χ4n) is 21.6. The van der Waals surface area contributed by atoms with Crippen LogP contribution in [0.25, 0.3) is 0 Å². The van der Waals surface area contributed by atoms with Crippen molar-refractivity contribution in [2.75, 3.05) is 23.0 Å². The predicted molar refractivity (Wildman–Crippen MR) is 387 cm³/mol. The van der Waals surface area contributed by atoms with Gasteiger partial charge in [-0.2, -0.15) is 0 Å². The van der Waals surface area contributed by atoms with Crippen LogP contribution in [0.1, 0.15) is 101 Å². The molecule has 2 aliphatic heterocycles. The topological polar surface area (TPSA) is 0 Å². The van der Waals surface area contributed by atoms with Gasteiger partial charge >= 0.3 is 550 Å². The first-order valence-corrected chi connectivity index (χ1v) is 51.7. The van der Waals surface area contributed by atoms with E-state index >= 15 is 0 Å². The number of thioether (sulfide) groups is 4. The average molecular weight is 1360 g/mol. The summed E-state index contributed by atoms with van der Waals surface area (Å²) in [4.78, 5) is 5.23. The number of allylic oxidation sites excluding steroid dienone is 32. The normalized spacial score (nSPS) is 32.9. The van der Waals surface area contributed by atoms with Gasteiger partial charge in [0.1, 0.15) is 0 Å². The minimum absolute atomic E-state index is 0.00699. The summed E-state index contributed by atoms with van der Waals surface area (Å²) in [5, 5.41) is 0. The standard InChI is InChI=1S/2C39H40S2Si.2ClH.Zr/c2*1-6-40-30-20-16-28(17-21-30)32-12-8-10-14-34-36(32)24-26(3)38(34)42(5)39-27(4)25-37-33(13-9-11-15-35(37)39)29-18-22-31(23-19-29)41-7-2;;;/h2*8-25,32-33,42H,6-7H2,1-5H3;2*1H;/q;;;;+2/p-2. The molecule has 4 aromatic carbocycles. The van der Waals surface area contributed by atoms with E-state index in [0.717, 1.165) is 23.0 Å². The van der Waals surface area contributed by atoms with E-state index in [2.05, 4.69) is 287 Å². The maximum atomic E-state index is 11.4. The van der Waals surface area contributed by atoms with Crippen molar-refractivity contribution in [3.8, 4) is 0 Å². The third kappa shape index (κ3) is 7.10. The first-order valence-electron chi connectivity index (χ1n) is 31.9. The molecule has 0 N–H and O–H groups in total. The van der Waals surface area contributed by atoms with Crippen LogP contribution < -0.4 is 0 Å². The molecule has 9 heteroatoms. The number of rotatable bonds is 12. The van der Waals surface area contributed by atoms with Gasteiger partial charge in [-0.3, -0.25) is 0 Å². The summed E-state index contributed by atoms with van der Waals surface area (Å²) in [6.45, 7) is 24.7. The number of halogens is 2. The van der Waals surface area contributed by atoms with Gasteiger partial charge < -0.3 is 0 Å². The van der Waals surface area contributed by atoms with Gasteiger partial charge in [-0.25, -0.2) is 0 Å². The fraction of sp³-hybridized carbons (Fsp3) is 0.282. The van der Waals surface area contributed by atoms with Gasteiger partial charge in [0, 0.05) is 0 Å². The van der Waals surface area contributed by atoms with E-state index in [-0.39, 0.29) is 23.7 Å². The number of hydrogen-bond donors (Lipinski definition) is 0. The van der Waals surface area contributed by atoms with E-state index < -0.39 is 43.5 Å².